The molecular formula is C25H20N2O. The summed E-state index contributed by atoms with van der Waals surface area (Å²) in [5, 5.41) is 0. The summed E-state index contributed by atoms with van der Waals surface area (Å²) in [6.45, 7) is 0. The maximum absolute atomic E-state index is 12.8. The van der Waals surface area contributed by atoms with Crippen LogP contribution in [0.5, 0.6) is 0 Å². The summed E-state index contributed by atoms with van der Waals surface area (Å²) in [4.78, 5) is 12.8. The second kappa shape index (κ2) is 7.41. The number of benzene rings is 4. The number of carbonyl (C=O) groups excluding carboxylic acids is 1. The minimum absolute atomic E-state index is 0.00714. The molecule has 4 rings (SSSR count). The van der Waals surface area contributed by atoms with Crippen LogP contribution in [0, 0.1) is 0 Å². The van der Waals surface area contributed by atoms with Crippen molar-refractivity contribution in [3.63, 3.8) is 0 Å². The first-order valence-corrected chi connectivity index (χ1v) is 9.07. The van der Waals surface area contributed by atoms with Crippen molar-refractivity contribution in [3.05, 3.63) is 108 Å². The van der Waals surface area contributed by atoms with Crippen LogP contribution in [0.2, 0.25) is 0 Å². The Hall–Kier alpha value is -3.85. The molecule has 4 aromatic rings. The van der Waals surface area contributed by atoms with E-state index in [4.69, 9.17) is 11.5 Å². The van der Waals surface area contributed by atoms with Gasteiger partial charge in [-0.1, -0.05) is 72.8 Å². The van der Waals surface area contributed by atoms with Crippen LogP contribution >= 0.6 is 0 Å². The quantitative estimate of drug-likeness (QED) is 0.375. The molecule has 0 aliphatic heterocycles. The number of carbonyl (C=O) groups is 1. The van der Waals surface area contributed by atoms with Crippen LogP contribution in [0.25, 0.3) is 22.3 Å². The van der Waals surface area contributed by atoms with Crippen molar-refractivity contribution < 1.29 is 4.79 Å². The van der Waals surface area contributed by atoms with E-state index in [1.165, 1.54) is 0 Å². The maximum Gasteiger partial charge on any atom is 0.193 e. The lowest BCUT2D eigenvalue weighted by molar-refractivity contribution is 0.103. The Balaban J connectivity index is 1.54. The zero-order valence-electron chi connectivity index (χ0n) is 15.3. The van der Waals surface area contributed by atoms with Gasteiger partial charge in [0, 0.05) is 22.5 Å². The smallest absolute Gasteiger partial charge is 0.193 e. The Labute approximate surface area is 164 Å². The van der Waals surface area contributed by atoms with Gasteiger partial charge in [0.2, 0.25) is 0 Å². The molecule has 0 saturated carbocycles. The van der Waals surface area contributed by atoms with Gasteiger partial charge in [0.1, 0.15) is 0 Å². The van der Waals surface area contributed by atoms with E-state index in [0.717, 1.165) is 33.6 Å². The topological polar surface area (TPSA) is 69.1 Å². The first-order chi connectivity index (χ1) is 13.6. The van der Waals surface area contributed by atoms with Gasteiger partial charge in [0.05, 0.1) is 0 Å². The van der Waals surface area contributed by atoms with Crippen LogP contribution in [0.15, 0.2) is 97.1 Å². The minimum atomic E-state index is 0.00714. The van der Waals surface area contributed by atoms with Crippen molar-refractivity contribution >= 4 is 17.2 Å². The number of hydrogen-bond acceptors (Lipinski definition) is 3. The number of anilines is 2. The third-order valence-electron chi connectivity index (χ3n) is 4.78. The van der Waals surface area contributed by atoms with Crippen molar-refractivity contribution in [1.29, 1.82) is 0 Å². The van der Waals surface area contributed by atoms with Crippen LogP contribution in [-0.4, -0.2) is 5.78 Å². The normalized spacial score (nSPS) is 10.6. The Morgan fingerprint density at radius 1 is 0.429 bits per heavy atom. The van der Waals surface area contributed by atoms with Crippen molar-refractivity contribution in [2.45, 2.75) is 0 Å². The fourth-order valence-electron chi connectivity index (χ4n) is 3.15. The second-order valence-corrected chi connectivity index (χ2v) is 6.73. The largest absolute Gasteiger partial charge is 0.399 e. The van der Waals surface area contributed by atoms with Crippen LogP contribution < -0.4 is 11.5 Å². The van der Waals surface area contributed by atoms with E-state index in [2.05, 4.69) is 0 Å². The number of rotatable bonds is 4. The van der Waals surface area contributed by atoms with Crippen molar-refractivity contribution in [2.24, 2.45) is 0 Å². The second-order valence-electron chi connectivity index (χ2n) is 6.73. The lowest BCUT2D eigenvalue weighted by atomic mass is 9.97. The molecule has 0 heterocycles. The van der Waals surface area contributed by atoms with Crippen molar-refractivity contribution in [1.82, 2.24) is 0 Å². The Kier molecular flexibility index (Phi) is 4.65. The zero-order chi connectivity index (χ0) is 19.5. The summed E-state index contributed by atoms with van der Waals surface area (Å²) in [5.74, 6) is 0.00714. The van der Waals surface area contributed by atoms with E-state index >= 15 is 0 Å². The Morgan fingerprint density at radius 3 is 0.964 bits per heavy atom. The fourth-order valence-corrected chi connectivity index (χ4v) is 3.15. The Morgan fingerprint density at radius 2 is 0.679 bits per heavy atom. The van der Waals surface area contributed by atoms with E-state index in [0.29, 0.717) is 11.1 Å². The van der Waals surface area contributed by atoms with Crippen LogP contribution in [-0.2, 0) is 0 Å². The van der Waals surface area contributed by atoms with E-state index < -0.39 is 0 Å². The molecular weight excluding hydrogens is 344 g/mol. The summed E-state index contributed by atoms with van der Waals surface area (Å²) >= 11 is 0. The monoisotopic (exact) mass is 364 g/mol. The molecule has 3 nitrogen and oxygen atoms in total. The molecule has 0 fully saturated rings. The van der Waals surface area contributed by atoms with E-state index in [-0.39, 0.29) is 5.78 Å². The van der Waals surface area contributed by atoms with Gasteiger partial charge in [-0.15, -0.1) is 0 Å². The SMILES string of the molecule is Nc1ccc(-c2ccc(C(=O)c3ccc(-c4ccc(N)cc4)cc3)cc2)cc1. The molecule has 136 valence electrons. The predicted molar refractivity (Wildman–Crippen MR) is 116 cm³/mol. The number of nitrogen functional groups attached to an aromatic ring is 2. The number of nitrogens with two attached hydrogens (primary N) is 2. The molecule has 3 heteroatoms. The molecule has 0 radical (unpaired) electrons. The van der Waals surface area contributed by atoms with E-state index in [9.17, 15) is 4.79 Å². The summed E-state index contributed by atoms with van der Waals surface area (Å²) in [5.41, 5.74) is 18.5. The number of ketones is 1. The molecule has 0 atom stereocenters. The van der Waals surface area contributed by atoms with Crippen LogP contribution in [0.1, 0.15) is 15.9 Å². The molecule has 0 spiro atoms. The first-order valence-electron chi connectivity index (χ1n) is 9.07. The average Bonchev–Trinajstić information content (AvgIpc) is 2.75. The summed E-state index contributed by atoms with van der Waals surface area (Å²) in [6, 6.07) is 30.7. The van der Waals surface area contributed by atoms with Gasteiger partial charge in [-0.25, -0.2) is 0 Å². The molecule has 0 bridgehead atoms. The third kappa shape index (κ3) is 3.64. The maximum atomic E-state index is 12.8. The van der Waals surface area contributed by atoms with Gasteiger partial charge in [-0.2, -0.15) is 0 Å². The molecule has 0 unspecified atom stereocenters. The van der Waals surface area contributed by atoms with Crippen molar-refractivity contribution in [2.75, 3.05) is 11.5 Å². The lowest BCUT2D eigenvalue weighted by Gasteiger charge is -2.07. The van der Waals surface area contributed by atoms with E-state index in [1.807, 2.05) is 97.1 Å². The molecule has 0 saturated heterocycles. The van der Waals surface area contributed by atoms with Gasteiger partial charge in [-0.05, 0) is 46.5 Å². The van der Waals surface area contributed by atoms with Crippen molar-refractivity contribution in [3.8, 4) is 22.3 Å². The molecule has 0 aromatic heterocycles. The standard InChI is InChI=1S/C25H20N2O/c26-23-13-9-19(10-14-23)17-1-5-21(6-2-17)25(28)22-7-3-18(4-8-22)20-11-15-24(27)16-12-20/h1-16H,26-27H2. The first kappa shape index (κ1) is 17.6. The van der Waals surface area contributed by atoms with Gasteiger partial charge < -0.3 is 11.5 Å². The highest BCUT2D eigenvalue weighted by atomic mass is 16.1. The van der Waals surface area contributed by atoms with Gasteiger partial charge in [0.25, 0.3) is 0 Å². The van der Waals surface area contributed by atoms with Crippen LogP contribution in [0.3, 0.4) is 0 Å². The highest BCUT2D eigenvalue weighted by molar-refractivity contribution is 6.09. The molecule has 4 aromatic carbocycles. The Bertz CT molecular complexity index is 1000. The average molecular weight is 364 g/mol. The zero-order valence-corrected chi connectivity index (χ0v) is 15.3. The van der Waals surface area contributed by atoms with E-state index in [1.54, 1.807) is 0 Å². The molecule has 28 heavy (non-hydrogen) atoms. The highest BCUT2D eigenvalue weighted by Crippen LogP contribution is 2.24. The van der Waals surface area contributed by atoms with Gasteiger partial charge >= 0.3 is 0 Å². The molecule has 0 aliphatic carbocycles. The predicted octanol–water partition coefficient (Wildman–Crippen LogP) is 5.42. The molecule has 0 amide bonds. The van der Waals surface area contributed by atoms with Gasteiger partial charge in [0.15, 0.2) is 5.78 Å². The lowest BCUT2D eigenvalue weighted by Crippen LogP contribution is -2.01. The molecule has 0 aliphatic rings. The summed E-state index contributed by atoms with van der Waals surface area (Å²) in [7, 11) is 0. The summed E-state index contributed by atoms with van der Waals surface area (Å²) < 4.78 is 0. The molecule has 4 N–H and O–H groups in total. The number of hydrogen-bond donors (Lipinski definition) is 2. The summed E-state index contributed by atoms with van der Waals surface area (Å²) in [6.07, 6.45) is 0. The minimum Gasteiger partial charge on any atom is -0.399 e. The fraction of sp³-hybridized carbons (Fsp3) is 0. The van der Waals surface area contributed by atoms with Gasteiger partial charge in [-0.3, -0.25) is 4.79 Å². The highest BCUT2D eigenvalue weighted by Gasteiger charge is 2.10. The third-order valence-corrected chi connectivity index (χ3v) is 4.78. The van der Waals surface area contributed by atoms with Crippen LogP contribution in [0.4, 0.5) is 11.4 Å².